The van der Waals surface area contributed by atoms with Crippen molar-refractivity contribution < 1.29 is 13.2 Å². The molecule has 1 aliphatic rings. The van der Waals surface area contributed by atoms with Crippen LogP contribution >= 0.6 is 27.7 Å². The third-order valence-corrected chi connectivity index (χ3v) is 4.52. The van der Waals surface area contributed by atoms with Crippen molar-refractivity contribution in [3.8, 4) is 0 Å². The highest BCUT2D eigenvalue weighted by Gasteiger charge is 2.34. The first-order chi connectivity index (χ1) is 8.47. The van der Waals surface area contributed by atoms with Gasteiger partial charge in [0.05, 0.1) is 5.56 Å². The normalized spacial score (nSPS) is 20.8. The van der Waals surface area contributed by atoms with Crippen molar-refractivity contribution in [1.82, 2.24) is 0 Å². The first-order valence-electron chi connectivity index (χ1n) is 5.68. The monoisotopic (exact) mass is 339 g/mol. The quantitative estimate of drug-likeness (QED) is 0.832. The van der Waals surface area contributed by atoms with Crippen LogP contribution in [0.2, 0.25) is 0 Å². The molecule has 1 N–H and O–H groups in total. The Kier molecular flexibility index (Phi) is 4.48. The Morgan fingerprint density at radius 2 is 2.11 bits per heavy atom. The summed E-state index contributed by atoms with van der Waals surface area (Å²) in [6, 6.07) is 4.38. The molecule has 1 saturated heterocycles. The van der Waals surface area contributed by atoms with E-state index in [-0.39, 0.29) is 11.7 Å². The van der Waals surface area contributed by atoms with Crippen LogP contribution < -0.4 is 5.32 Å². The van der Waals surface area contributed by atoms with Crippen molar-refractivity contribution in [2.24, 2.45) is 0 Å². The second-order valence-corrected chi connectivity index (χ2v) is 6.31. The standard InChI is InChI=1S/C12H13BrF3NS/c13-8-3-4-11(10(6-8)12(14,15)16)17-9-2-1-5-18-7-9/h3-4,6,9,17H,1-2,5,7H2. The van der Waals surface area contributed by atoms with Crippen LogP contribution in [0.25, 0.3) is 0 Å². The van der Waals surface area contributed by atoms with Crippen molar-refractivity contribution in [3.05, 3.63) is 28.2 Å². The van der Waals surface area contributed by atoms with E-state index < -0.39 is 11.7 Å². The molecule has 0 aliphatic carbocycles. The lowest BCUT2D eigenvalue weighted by atomic mass is 10.1. The molecule has 18 heavy (non-hydrogen) atoms. The third-order valence-electron chi connectivity index (χ3n) is 2.81. The van der Waals surface area contributed by atoms with Crippen LogP contribution in [0, 0.1) is 0 Å². The van der Waals surface area contributed by atoms with Crippen LogP contribution in [0.3, 0.4) is 0 Å². The van der Waals surface area contributed by atoms with E-state index in [1.165, 1.54) is 6.07 Å². The van der Waals surface area contributed by atoms with Gasteiger partial charge in [-0.15, -0.1) is 0 Å². The summed E-state index contributed by atoms with van der Waals surface area (Å²) in [5.74, 6) is 1.97. The van der Waals surface area contributed by atoms with E-state index in [4.69, 9.17) is 0 Å². The lowest BCUT2D eigenvalue weighted by Gasteiger charge is -2.25. The van der Waals surface area contributed by atoms with Crippen molar-refractivity contribution in [2.75, 3.05) is 16.8 Å². The van der Waals surface area contributed by atoms with E-state index in [1.807, 2.05) is 0 Å². The highest BCUT2D eigenvalue weighted by atomic mass is 79.9. The molecule has 1 fully saturated rings. The number of benzene rings is 1. The van der Waals surface area contributed by atoms with E-state index in [9.17, 15) is 13.2 Å². The van der Waals surface area contributed by atoms with Crippen molar-refractivity contribution >= 4 is 33.4 Å². The SMILES string of the molecule is FC(F)(F)c1cc(Br)ccc1NC1CCCSC1. The zero-order chi connectivity index (χ0) is 13.2. The minimum Gasteiger partial charge on any atom is -0.381 e. The number of hydrogen-bond acceptors (Lipinski definition) is 2. The van der Waals surface area contributed by atoms with Crippen LogP contribution in [-0.2, 0) is 6.18 Å². The van der Waals surface area contributed by atoms with Gasteiger partial charge in [0.15, 0.2) is 0 Å². The molecular formula is C12H13BrF3NS. The summed E-state index contributed by atoms with van der Waals surface area (Å²) in [7, 11) is 0. The minimum atomic E-state index is -4.33. The number of nitrogens with one attached hydrogen (secondary N) is 1. The van der Waals surface area contributed by atoms with Crippen LogP contribution in [0.1, 0.15) is 18.4 Å². The van der Waals surface area contributed by atoms with Crippen LogP contribution in [0.4, 0.5) is 18.9 Å². The van der Waals surface area contributed by atoms with Gasteiger partial charge < -0.3 is 5.32 Å². The molecule has 0 saturated carbocycles. The van der Waals surface area contributed by atoms with Gasteiger partial charge in [0, 0.05) is 22.0 Å². The lowest BCUT2D eigenvalue weighted by molar-refractivity contribution is -0.137. The van der Waals surface area contributed by atoms with Gasteiger partial charge in [0.1, 0.15) is 0 Å². The predicted octanol–water partition coefficient (Wildman–Crippen LogP) is 4.78. The molecule has 1 nitrogen and oxygen atoms in total. The third kappa shape index (κ3) is 3.57. The summed E-state index contributed by atoms with van der Waals surface area (Å²) < 4.78 is 39.2. The summed E-state index contributed by atoms with van der Waals surface area (Å²) in [5, 5.41) is 3.02. The van der Waals surface area contributed by atoms with E-state index in [2.05, 4.69) is 21.2 Å². The highest BCUT2D eigenvalue weighted by molar-refractivity contribution is 9.10. The maximum absolute atomic E-state index is 12.9. The Morgan fingerprint density at radius 1 is 1.33 bits per heavy atom. The summed E-state index contributed by atoms with van der Waals surface area (Å²) >= 11 is 4.87. The predicted molar refractivity (Wildman–Crippen MR) is 73.1 cm³/mol. The number of alkyl halides is 3. The largest absolute Gasteiger partial charge is 0.418 e. The Hall–Kier alpha value is -0.360. The fourth-order valence-corrected chi connectivity index (χ4v) is 3.38. The Bertz CT molecular complexity index is 416. The number of halogens is 4. The average molecular weight is 340 g/mol. The van der Waals surface area contributed by atoms with Gasteiger partial charge in [0.2, 0.25) is 0 Å². The molecule has 1 atom stereocenters. The molecule has 100 valence electrons. The summed E-state index contributed by atoms with van der Waals surface area (Å²) in [4.78, 5) is 0. The fourth-order valence-electron chi connectivity index (χ4n) is 1.95. The Labute approximate surface area is 117 Å². The molecule has 6 heteroatoms. The smallest absolute Gasteiger partial charge is 0.381 e. The van der Waals surface area contributed by atoms with E-state index in [0.29, 0.717) is 4.47 Å². The van der Waals surface area contributed by atoms with Gasteiger partial charge in [-0.2, -0.15) is 24.9 Å². The molecule has 0 radical (unpaired) electrons. The van der Waals surface area contributed by atoms with Crippen molar-refractivity contribution in [3.63, 3.8) is 0 Å². The minimum absolute atomic E-state index is 0.131. The van der Waals surface area contributed by atoms with Gasteiger partial charge >= 0.3 is 6.18 Å². The van der Waals surface area contributed by atoms with Crippen LogP contribution in [-0.4, -0.2) is 17.5 Å². The second-order valence-electron chi connectivity index (χ2n) is 4.25. The number of hydrogen-bond donors (Lipinski definition) is 1. The van der Waals surface area contributed by atoms with E-state index in [1.54, 1.807) is 17.8 Å². The average Bonchev–Trinajstić information content (AvgIpc) is 2.31. The molecule has 0 amide bonds. The first-order valence-corrected chi connectivity index (χ1v) is 7.62. The summed E-state index contributed by atoms with van der Waals surface area (Å²) in [6.45, 7) is 0. The lowest BCUT2D eigenvalue weighted by Crippen LogP contribution is -2.27. The number of thioether (sulfide) groups is 1. The Morgan fingerprint density at radius 3 is 2.72 bits per heavy atom. The first kappa shape index (κ1) is 14.1. The van der Waals surface area contributed by atoms with Gasteiger partial charge in [-0.3, -0.25) is 0 Å². The fraction of sp³-hybridized carbons (Fsp3) is 0.500. The van der Waals surface area contributed by atoms with Gasteiger partial charge in [-0.25, -0.2) is 0 Å². The van der Waals surface area contributed by atoms with Crippen molar-refractivity contribution in [1.29, 1.82) is 0 Å². The van der Waals surface area contributed by atoms with Gasteiger partial charge in [0.25, 0.3) is 0 Å². The number of anilines is 1. The molecule has 1 aromatic rings. The molecular weight excluding hydrogens is 327 g/mol. The van der Waals surface area contributed by atoms with E-state index in [0.717, 1.165) is 30.4 Å². The zero-order valence-electron chi connectivity index (χ0n) is 9.56. The van der Waals surface area contributed by atoms with Crippen molar-refractivity contribution in [2.45, 2.75) is 25.1 Å². The summed E-state index contributed by atoms with van der Waals surface area (Å²) in [6.07, 6.45) is -2.34. The maximum atomic E-state index is 12.9. The molecule has 1 unspecified atom stereocenters. The van der Waals surface area contributed by atoms with Crippen LogP contribution in [0.5, 0.6) is 0 Å². The molecule has 0 bridgehead atoms. The maximum Gasteiger partial charge on any atom is 0.418 e. The molecule has 1 aromatic carbocycles. The topological polar surface area (TPSA) is 12.0 Å². The van der Waals surface area contributed by atoms with Gasteiger partial charge in [-0.05, 0) is 36.8 Å². The summed E-state index contributed by atoms with van der Waals surface area (Å²) in [5.41, 5.74) is -0.425. The van der Waals surface area contributed by atoms with Gasteiger partial charge in [-0.1, -0.05) is 15.9 Å². The highest BCUT2D eigenvalue weighted by Crippen LogP contribution is 2.37. The second kappa shape index (κ2) is 5.74. The van der Waals surface area contributed by atoms with Crippen LogP contribution in [0.15, 0.2) is 22.7 Å². The zero-order valence-corrected chi connectivity index (χ0v) is 12.0. The molecule has 0 aromatic heterocycles. The number of rotatable bonds is 2. The molecule has 1 aliphatic heterocycles. The van der Waals surface area contributed by atoms with E-state index >= 15 is 0 Å². The molecule has 0 spiro atoms. The Balaban J connectivity index is 2.21. The molecule has 1 heterocycles. The molecule has 2 rings (SSSR count).